The van der Waals surface area contributed by atoms with Crippen LogP contribution in [0.5, 0.6) is 5.75 Å². The number of halogens is 1. The number of methoxy groups -OCH3 is 1. The van der Waals surface area contributed by atoms with Gasteiger partial charge in [0.15, 0.2) is 0 Å². The maximum Gasteiger partial charge on any atom is 0.323 e. The number of nitrogens with zero attached hydrogens (tertiary/aromatic N) is 6. The Kier molecular flexibility index (Phi) is 6.83. The zero-order valence-corrected chi connectivity index (χ0v) is 19.5. The predicted molar refractivity (Wildman–Crippen MR) is 111 cm³/mol. The van der Waals surface area contributed by atoms with Gasteiger partial charge in [-0.15, -0.1) is 9.19 Å². The monoisotopic (exact) mass is 490 g/mol. The summed E-state index contributed by atoms with van der Waals surface area (Å²) < 4.78 is 72.9. The number of benzene rings is 1. The molecule has 1 aliphatic rings. The van der Waals surface area contributed by atoms with Crippen molar-refractivity contribution in [3.63, 3.8) is 0 Å². The highest BCUT2D eigenvalue weighted by Gasteiger charge is 2.41. The van der Waals surface area contributed by atoms with Crippen LogP contribution >= 0.6 is 0 Å². The van der Waals surface area contributed by atoms with Gasteiger partial charge in [0.2, 0.25) is 0 Å². The second kappa shape index (κ2) is 9.09. The van der Waals surface area contributed by atoms with E-state index in [1.807, 2.05) is 0 Å². The van der Waals surface area contributed by atoms with Crippen LogP contribution in [0, 0.1) is 5.82 Å². The van der Waals surface area contributed by atoms with Crippen molar-refractivity contribution in [2.45, 2.75) is 24.0 Å². The van der Waals surface area contributed by atoms with Crippen molar-refractivity contribution < 1.29 is 30.8 Å². The summed E-state index contributed by atoms with van der Waals surface area (Å²) in [7, 11) is -3.17. The third kappa shape index (κ3) is 4.74. The van der Waals surface area contributed by atoms with Crippen LogP contribution in [-0.2, 0) is 25.1 Å². The number of ether oxygens (including phenoxy) is 1. The molecular formula is C17H23FN6O6S2. The van der Waals surface area contributed by atoms with Crippen LogP contribution in [0.1, 0.15) is 18.4 Å². The lowest BCUT2D eigenvalue weighted by Gasteiger charge is -2.21. The average molecular weight is 491 g/mol. The lowest BCUT2D eigenvalue weighted by Crippen LogP contribution is -2.39. The molecule has 1 aliphatic carbocycles. The van der Waals surface area contributed by atoms with Crippen molar-refractivity contribution in [1.82, 2.24) is 22.8 Å². The third-order valence-corrected chi connectivity index (χ3v) is 7.90. The highest BCUT2D eigenvalue weighted by atomic mass is 32.2. The van der Waals surface area contributed by atoms with Gasteiger partial charge in [0.25, 0.3) is 15.2 Å². The van der Waals surface area contributed by atoms with E-state index in [1.165, 1.54) is 40.4 Å². The standard InChI is InChI=1S/C17H23FN6O6S2/c1-22(2)32(27,28)24-11-19-17(20-24)31(25,26)23(12-5-6-12)10-16(21-30-4)14-8-7-13(29-3)9-15(14)18/h7-9,11-12H,5-6,10H2,1-4H3/b21-16+. The summed E-state index contributed by atoms with van der Waals surface area (Å²) in [5, 5.41) is 6.78. The molecule has 32 heavy (non-hydrogen) atoms. The topological polar surface area (TPSA) is 136 Å². The second-order valence-electron chi connectivity index (χ2n) is 7.04. The van der Waals surface area contributed by atoms with Crippen molar-refractivity contribution in [3.05, 3.63) is 35.9 Å². The second-order valence-corrected chi connectivity index (χ2v) is 10.8. The molecule has 12 nitrogen and oxygen atoms in total. The van der Waals surface area contributed by atoms with E-state index in [-0.39, 0.29) is 29.6 Å². The fourth-order valence-corrected chi connectivity index (χ4v) is 5.00. The lowest BCUT2D eigenvalue weighted by atomic mass is 10.1. The Morgan fingerprint density at radius 2 is 1.94 bits per heavy atom. The van der Waals surface area contributed by atoms with E-state index < -0.39 is 31.2 Å². The van der Waals surface area contributed by atoms with Crippen molar-refractivity contribution in [1.29, 1.82) is 0 Å². The highest BCUT2D eigenvalue weighted by Crippen LogP contribution is 2.32. The van der Waals surface area contributed by atoms with Crippen LogP contribution in [-0.4, -0.2) is 86.2 Å². The molecule has 0 atom stereocenters. The van der Waals surface area contributed by atoms with Gasteiger partial charge < -0.3 is 9.57 Å². The largest absolute Gasteiger partial charge is 0.497 e. The van der Waals surface area contributed by atoms with E-state index in [4.69, 9.17) is 9.57 Å². The van der Waals surface area contributed by atoms with Gasteiger partial charge in [0, 0.05) is 31.8 Å². The molecule has 0 radical (unpaired) electrons. The Morgan fingerprint density at radius 3 is 2.47 bits per heavy atom. The van der Waals surface area contributed by atoms with Crippen molar-refractivity contribution >= 4 is 25.9 Å². The first-order chi connectivity index (χ1) is 15.0. The van der Waals surface area contributed by atoms with Crippen molar-refractivity contribution in [2.75, 3.05) is 34.9 Å². The molecule has 1 fully saturated rings. The summed E-state index contributed by atoms with van der Waals surface area (Å²) in [6.07, 6.45) is 1.95. The van der Waals surface area contributed by atoms with E-state index in [0.717, 1.165) is 21.0 Å². The van der Waals surface area contributed by atoms with E-state index in [1.54, 1.807) is 0 Å². The molecule has 0 bridgehead atoms. The van der Waals surface area contributed by atoms with Crippen LogP contribution in [0.25, 0.3) is 0 Å². The van der Waals surface area contributed by atoms with Gasteiger partial charge in [-0.1, -0.05) is 5.16 Å². The molecule has 1 aromatic heterocycles. The van der Waals surface area contributed by atoms with Crippen molar-refractivity contribution in [3.8, 4) is 5.75 Å². The summed E-state index contributed by atoms with van der Waals surface area (Å²) in [5.74, 6) is -0.390. The lowest BCUT2D eigenvalue weighted by molar-refractivity contribution is 0.212. The molecule has 176 valence electrons. The highest BCUT2D eigenvalue weighted by molar-refractivity contribution is 7.89. The van der Waals surface area contributed by atoms with Crippen molar-refractivity contribution in [2.24, 2.45) is 5.16 Å². The summed E-state index contributed by atoms with van der Waals surface area (Å²) in [6, 6.07) is 3.67. The third-order valence-electron chi connectivity index (χ3n) is 4.64. The zero-order chi connectivity index (χ0) is 23.7. The summed E-state index contributed by atoms with van der Waals surface area (Å²) >= 11 is 0. The molecule has 1 aromatic carbocycles. The van der Waals surface area contributed by atoms with Gasteiger partial charge in [-0.25, -0.2) is 17.8 Å². The van der Waals surface area contributed by atoms with Gasteiger partial charge in [-0.2, -0.15) is 17.0 Å². The number of sulfonamides is 1. The number of aromatic nitrogens is 3. The predicted octanol–water partition coefficient (Wildman–Crippen LogP) is 0.284. The van der Waals surface area contributed by atoms with Crippen LogP contribution in [0.4, 0.5) is 4.39 Å². The molecule has 1 heterocycles. The van der Waals surface area contributed by atoms with Gasteiger partial charge in [0.05, 0.1) is 13.7 Å². The van der Waals surface area contributed by atoms with Crippen LogP contribution in [0.3, 0.4) is 0 Å². The average Bonchev–Trinajstić information content (AvgIpc) is 3.43. The molecule has 15 heteroatoms. The Labute approximate surface area is 185 Å². The molecule has 0 amide bonds. The van der Waals surface area contributed by atoms with Gasteiger partial charge in [-0.3, -0.25) is 0 Å². The summed E-state index contributed by atoms with van der Waals surface area (Å²) in [4.78, 5) is 8.50. The Hall–Kier alpha value is -2.62. The van der Waals surface area contributed by atoms with Gasteiger partial charge in [0.1, 0.15) is 30.7 Å². The number of oxime groups is 1. The minimum Gasteiger partial charge on any atom is -0.497 e. The van der Waals surface area contributed by atoms with E-state index in [2.05, 4.69) is 15.2 Å². The summed E-state index contributed by atoms with van der Waals surface area (Å²) in [6.45, 7) is -0.334. The molecule has 2 aromatic rings. The maximum atomic E-state index is 14.6. The summed E-state index contributed by atoms with van der Waals surface area (Å²) in [5.41, 5.74) is 0.0469. The SMILES string of the molecule is CO/N=C(\CN(C1CC1)S(=O)(=O)c1ncn(S(=O)(=O)N(C)C)n1)c1ccc(OC)cc1F. The Balaban J connectivity index is 1.97. The molecular weight excluding hydrogens is 467 g/mol. The zero-order valence-electron chi connectivity index (χ0n) is 17.8. The van der Waals surface area contributed by atoms with E-state index >= 15 is 0 Å². The Bertz CT molecular complexity index is 1220. The first-order valence-corrected chi connectivity index (χ1v) is 12.2. The Morgan fingerprint density at radius 1 is 1.25 bits per heavy atom. The normalized spacial score (nSPS) is 15.4. The molecule has 0 unspecified atom stereocenters. The van der Waals surface area contributed by atoms with E-state index in [9.17, 15) is 21.2 Å². The molecule has 1 saturated carbocycles. The minimum atomic E-state index is -4.33. The smallest absolute Gasteiger partial charge is 0.323 e. The van der Waals surface area contributed by atoms with Crippen LogP contribution in [0.2, 0.25) is 0 Å². The molecule has 0 spiro atoms. The maximum absolute atomic E-state index is 14.6. The van der Waals surface area contributed by atoms with Gasteiger partial charge in [-0.05, 0) is 25.0 Å². The van der Waals surface area contributed by atoms with E-state index in [0.29, 0.717) is 16.9 Å². The fourth-order valence-electron chi connectivity index (χ4n) is 2.79. The first kappa shape index (κ1) is 24.0. The molecule has 0 saturated heterocycles. The number of hydrogen-bond donors (Lipinski definition) is 0. The molecule has 3 rings (SSSR count). The minimum absolute atomic E-state index is 0.0171. The fraction of sp³-hybridized carbons (Fsp3) is 0.471. The number of hydrogen-bond acceptors (Lipinski definition) is 9. The van der Waals surface area contributed by atoms with Crippen LogP contribution < -0.4 is 4.74 Å². The van der Waals surface area contributed by atoms with Crippen LogP contribution in [0.15, 0.2) is 34.8 Å². The number of rotatable bonds is 10. The van der Waals surface area contributed by atoms with Gasteiger partial charge >= 0.3 is 10.2 Å². The first-order valence-electron chi connectivity index (χ1n) is 9.32. The molecule has 0 aliphatic heterocycles. The molecule has 0 N–H and O–H groups in total. The quantitative estimate of drug-likeness (QED) is 0.342.